The Bertz CT molecular complexity index is 1210. The van der Waals surface area contributed by atoms with E-state index in [1.54, 1.807) is 0 Å². The van der Waals surface area contributed by atoms with Gasteiger partial charge in [-0.25, -0.2) is 0 Å². The molecule has 0 N–H and O–H groups in total. The molecule has 4 aromatic carbocycles. The van der Waals surface area contributed by atoms with E-state index in [-0.39, 0.29) is 10.1 Å². The second kappa shape index (κ2) is 8.84. The van der Waals surface area contributed by atoms with Crippen molar-refractivity contribution in [3.63, 3.8) is 0 Å². The SMILES string of the molecule is Fc1cc(F)c2c(c1F)[N-]/[S@@](=N\[P+](c1ccccc1)(c1ccccc1)c1ccccc1)[Se]2. The number of rotatable bonds is 4. The van der Waals surface area contributed by atoms with E-state index in [1.807, 2.05) is 91.0 Å². The van der Waals surface area contributed by atoms with Crippen molar-refractivity contribution >= 4 is 56.6 Å². The molecule has 1 aliphatic heterocycles. The molecule has 160 valence electrons. The van der Waals surface area contributed by atoms with Gasteiger partial charge in [0.05, 0.1) is 0 Å². The first-order valence-electron chi connectivity index (χ1n) is 9.71. The molecule has 0 unspecified atom stereocenters. The number of fused-ring (bicyclic) bond motifs is 1. The van der Waals surface area contributed by atoms with E-state index < -0.39 is 48.0 Å². The van der Waals surface area contributed by atoms with Crippen LogP contribution >= 0.6 is 7.41 Å². The first-order valence-corrected chi connectivity index (χ1v) is 15.5. The summed E-state index contributed by atoms with van der Waals surface area (Å²) in [5.74, 6) is -3.08. The second-order valence-electron chi connectivity index (χ2n) is 6.96. The molecule has 5 rings (SSSR count). The fourth-order valence-electron chi connectivity index (χ4n) is 3.56. The van der Waals surface area contributed by atoms with Crippen molar-refractivity contribution in [3.8, 4) is 0 Å². The molecule has 0 amide bonds. The molecule has 0 fully saturated rings. The number of benzene rings is 4. The Morgan fingerprint density at radius 3 is 1.62 bits per heavy atom. The van der Waals surface area contributed by atoms with Crippen LogP contribution < -0.4 is 20.4 Å². The summed E-state index contributed by atoms with van der Waals surface area (Å²) < 4.78 is 52.5. The van der Waals surface area contributed by atoms with Crippen molar-refractivity contribution in [1.82, 2.24) is 0 Å². The first-order chi connectivity index (χ1) is 15.6. The molecule has 4 aromatic rings. The molecule has 1 atom stereocenters. The van der Waals surface area contributed by atoms with Crippen molar-refractivity contribution < 1.29 is 13.2 Å². The monoisotopic (exact) mass is 532 g/mol. The first kappa shape index (κ1) is 21.4. The minimum absolute atomic E-state index is 0.149. The van der Waals surface area contributed by atoms with Crippen LogP contribution in [0.3, 0.4) is 0 Å². The van der Waals surface area contributed by atoms with E-state index in [2.05, 4.69) is 4.72 Å². The van der Waals surface area contributed by atoms with Gasteiger partial charge in [-0.15, -0.1) is 0 Å². The normalized spacial score (nSPS) is 15.4. The average molecular weight is 531 g/mol. The van der Waals surface area contributed by atoms with Gasteiger partial charge in [-0.05, 0) is 0 Å². The number of halogens is 3. The van der Waals surface area contributed by atoms with Crippen LogP contribution in [0.25, 0.3) is 4.72 Å². The predicted octanol–water partition coefficient (Wildman–Crippen LogP) is 4.99. The van der Waals surface area contributed by atoms with Gasteiger partial charge in [-0.2, -0.15) is 0 Å². The molecule has 0 saturated carbocycles. The number of hydrogen-bond acceptors (Lipinski definition) is 1. The van der Waals surface area contributed by atoms with Gasteiger partial charge < -0.3 is 0 Å². The third-order valence-electron chi connectivity index (χ3n) is 5.01. The van der Waals surface area contributed by atoms with E-state index >= 15 is 0 Å². The van der Waals surface area contributed by atoms with Crippen LogP contribution in [0.2, 0.25) is 0 Å². The third kappa shape index (κ3) is 3.70. The van der Waals surface area contributed by atoms with Crippen LogP contribution in [-0.2, 0) is 9.30 Å². The van der Waals surface area contributed by atoms with Crippen molar-refractivity contribution in [1.29, 1.82) is 0 Å². The molecule has 0 bridgehead atoms. The van der Waals surface area contributed by atoms with Gasteiger partial charge in [-0.1, -0.05) is 0 Å². The Kier molecular flexibility index (Phi) is 5.91. The van der Waals surface area contributed by atoms with E-state index in [9.17, 15) is 13.2 Å². The summed E-state index contributed by atoms with van der Waals surface area (Å²) >= 11 is -0.572. The van der Waals surface area contributed by atoms with Gasteiger partial charge in [0.2, 0.25) is 0 Å². The molecule has 0 radical (unpaired) electrons. The van der Waals surface area contributed by atoms with Crippen LogP contribution in [0.1, 0.15) is 0 Å². The molecule has 0 saturated heterocycles. The summed E-state index contributed by atoms with van der Waals surface area (Å²) in [5.41, 5.74) is -0.220. The molecule has 0 aromatic heterocycles. The molecule has 2 nitrogen and oxygen atoms in total. The molecule has 0 aliphatic carbocycles. The van der Waals surface area contributed by atoms with E-state index in [1.165, 1.54) is 0 Å². The van der Waals surface area contributed by atoms with Crippen molar-refractivity contribution in [2.45, 2.75) is 0 Å². The molecule has 32 heavy (non-hydrogen) atoms. The van der Waals surface area contributed by atoms with Gasteiger partial charge in [0.15, 0.2) is 0 Å². The Morgan fingerprint density at radius 2 is 1.16 bits per heavy atom. The molecular formula is C24H16F3N2PSSe. The van der Waals surface area contributed by atoms with Crippen molar-refractivity contribution in [2.75, 3.05) is 0 Å². The second-order valence-corrected chi connectivity index (χ2v) is 15.0. The summed E-state index contributed by atoms with van der Waals surface area (Å²) in [6.45, 7) is 0. The summed E-state index contributed by atoms with van der Waals surface area (Å²) in [4.78, 5) is 0. The number of hydrogen-bond donors (Lipinski definition) is 0. The quantitative estimate of drug-likeness (QED) is 0.202. The summed E-state index contributed by atoms with van der Waals surface area (Å²) in [6, 6.07) is 30.5. The van der Waals surface area contributed by atoms with Gasteiger partial charge in [0.1, 0.15) is 0 Å². The zero-order chi connectivity index (χ0) is 22.1. The predicted molar refractivity (Wildman–Crippen MR) is 130 cm³/mol. The molecule has 0 spiro atoms. The van der Waals surface area contributed by atoms with Crippen LogP contribution in [0.5, 0.6) is 0 Å². The Labute approximate surface area is 192 Å². The van der Waals surface area contributed by atoms with Crippen LogP contribution in [0, 0.1) is 17.5 Å². The maximum absolute atomic E-state index is 14.4. The number of nitrogens with zero attached hydrogens (tertiary/aromatic N) is 2. The average Bonchev–Trinajstić information content (AvgIpc) is 3.27. The third-order valence-corrected chi connectivity index (χ3v) is 14.9. The van der Waals surface area contributed by atoms with E-state index in [0.717, 1.165) is 15.9 Å². The zero-order valence-electron chi connectivity index (χ0n) is 16.5. The fraction of sp³-hybridized carbons (Fsp3) is 0. The van der Waals surface area contributed by atoms with Crippen LogP contribution in [-0.4, -0.2) is 13.8 Å². The summed E-state index contributed by atoms with van der Waals surface area (Å²) in [6.07, 6.45) is 0. The topological polar surface area (TPSA) is 26.5 Å². The minimum atomic E-state index is -2.55. The molecule has 1 aliphatic rings. The van der Waals surface area contributed by atoms with Gasteiger partial charge in [0.25, 0.3) is 0 Å². The Morgan fingerprint density at radius 1 is 0.688 bits per heavy atom. The Balaban J connectivity index is 1.76. The van der Waals surface area contributed by atoms with Gasteiger partial charge >= 0.3 is 193 Å². The zero-order valence-corrected chi connectivity index (χ0v) is 20.0. The molecular weight excluding hydrogens is 515 g/mol. The summed E-state index contributed by atoms with van der Waals surface area (Å²) in [7, 11) is -3.56. The summed E-state index contributed by atoms with van der Waals surface area (Å²) in [5, 5.41) is 3.08. The standard InChI is InChI=1S/C24H16F3N2PSSe/c25-20-16-21(26)24-23(22(20)27)28-31(32-24)29-30(17-10-4-1-5-11-17,18-12-6-2-7-13-18)19-14-8-3-9-15-19/h1-16H/t31-/m0/s1. The Hall–Kier alpha value is -2.43. The van der Waals surface area contributed by atoms with Crippen LogP contribution in [0.15, 0.2) is 101 Å². The van der Waals surface area contributed by atoms with Crippen molar-refractivity contribution in [2.24, 2.45) is 4.13 Å². The van der Waals surface area contributed by atoms with Gasteiger partial charge in [-0.3, -0.25) is 0 Å². The van der Waals surface area contributed by atoms with Crippen molar-refractivity contribution in [3.05, 3.63) is 119 Å². The van der Waals surface area contributed by atoms with Gasteiger partial charge in [0, 0.05) is 0 Å². The van der Waals surface area contributed by atoms with E-state index in [0.29, 0.717) is 6.07 Å². The molecule has 8 heteroatoms. The maximum atomic E-state index is 14.4. The van der Waals surface area contributed by atoms with E-state index in [4.69, 9.17) is 4.13 Å². The molecule has 1 heterocycles. The fourth-order valence-corrected chi connectivity index (χ4v) is 14.9. The van der Waals surface area contributed by atoms with Crippen LogP contribution in [0.4, 0.5) is 18.9 Å².